The highest BCUT2D eigenvalue weighted by Crippen LogP contribution is 2.26. The molecule has 6 nitrogen and oxygen atoms in total. The van der Waals surface area contributed by atoms with Gasteiger partial charge in [-0.2, -0.15) is 4.98 Å². The Balaban J connectivity index is 1.76. The molecule has 0 aliphatic rings. The number of aromatic nitrogens is 2. The lowest BCUT2D eigenvalue weighted by atomic mass is 10.2. The minimum absolute atomic E-state index is 0.0831. The molecule has 0 aliphatic heterocycles. The first kappa shape index (κ1) is 18.8. The molecule has 138 valence electrons. The molecular formula is C20H19N3O3S. The van der Waals surface area contributed by atoms with Gasteiger partial charge in [0, 0.05) is 29.6 Å². The first-order chi connectivity index (χ1) is 13.0. The van der Waals surface area contributed by atoms with Gasteiger partial charge in [0.05, 0.1) is 4.92 Å². The second-order valence-electron chi connectivity index (χ2n) is 5.96. The SMILES string of the molecule is CCc1cc(Oc2ccc(C)cc2)nc(SCc2cccc([N+](=O)[O-])c2)n1. The van der Waals surface area contributed by atoms with Gasteiger partial charge in [0.1, 0.15) is 5.75 Å². The van der Waals surface area contributed by atoms with Gasteiger partial charge >= 0.3 is 0 Å². The van der Waals surface area contributed by atoms with Gasteiger partial charge in [0.2, 0.25) is 5.88 Å². The molecule has 3 rings (SSSR count). The molecule has 0 aliphatic carbocycles. The molecular weight excluding hydrogens is 362 g/mol. The van der Waals surface area contributed by atoms with Crippen LogP contribution in [0.5, 0.6) is 11.6 Å². The van der Waals surface area contributed by atoms with Crippen LogP contribution in [0.3, 0.4) is 0 Å². The van der Waals surface area contributed by atoms with Crippen molar-refractivity contribution < 1.29 is 9.66 Å². The maximum Gasteiger partial charge on any atom is 0.269 e. The zero-order valence-corrected chi connectivity index (χ0v) is 15.9. The minimum atomic E-state index is -0.393. The van der Waals surface area contributed by atoms with Crippen molar-refractivity contribution >= 4 is 17.4 Å². The fourth-order valence-corrected chi connectivity index (χ4v) is 3.19. The van der Waals surface area contributed by atoms with E-state index in [2.05, 4.69) is 9.97 Å². The van der Waals surface area contributed by atoms with Crippen LogP contribution in [0.15, 0.2) is 59.8 Å². The summed E-state index contributed by atoms with van der Waals surface area (Å²) in [6.07, 6.45) is 0.761. The van der Waals surface area contributed by atoms with E-state index in [1.807, 2.05) is 50.2 Å². The van der Waals surface area contributed by atoms with E-state index in [-0.39, 0.29) is 5.69 Å². The van der Waals surface area contributed by atoms with E-state index < -0.39 is 4.92 Å². The highest BCUT2D eigenvalue weighted by Gasteiger charge is 2.09. The van der Waals surface area contributed by atoms with Crippen LogP contribution < -0.4 is 4.74 Å². The Bertz CT molecular complexity index is 945. The van der Waals surface area contributed by atoms with Crippen LogP contribution in [0.25, 0.3) is 0 Å². The van der Waals surface area contributed by atoms with Crippen molar-refractivity contribution in [3.63, 3.8) is 0 Å². The normalized spacial score (nSPS) is 10.6. The Morgan fingerprint density at radius 1 is 1.11 bits per heavy atom. The Labute approximate surface area is 161 Å². The van der Waals surface area contributed by atoms with Crippen LogP contribution in [-0.2, 0) is 12.2 Å². The van der Waals surface area contributed by atoms with Crippen LogP contribution in [-0.4, -0.2) is 14.9 Å². The first-order valence-corrected chi connectivity index (χ1v) is 9.50. The van der Waals surface area contributed by atoms with Crippen LogP contribution in [0.2, 0.25) is 0 Å². The van der Waals surface area contributed by atoms with Crippen molar-refractivity contribution in [1.29, 1.82) is 0 Å². The number of aryl methyl sites for hydroxylation is 2. The summed E-state index contributed by atoms with van der Waals surface area (Å²) in [6, 6.07) is 16.2. The number of hydrogen-bond donors (Lipinski definition) is 0. The highest BCUT2D eigenvalue weighted by molar-refractivity contribution is 7.98. The van der Waals surface area contributed by atoms with Crippen LogP contribution in [0, 0.1) is 17.0 Å². The highest BCUT2D eigenvalue weighted by atomic mass is 32.2. The average molecular weight is 381 g/mol. The predicted molar refractivity (Wildman–Crippen MR) is 105 cm³/mol. The number of nitrogens with zero attached hydrogens (tertiary/aromatic N) is 3. The molecule has 0 bridgehead atoms. The standard InChI is InChI=1S/C20H19N3O3S/c1-3-16-12-19(26-18-9-7-14(2)8-10-18)22-20(21-16)27-13-15-5-4-6-17(11-15)23(24)25/h4-12H,3,13H2,1-2H3. The summed E-state index contributed by atoms with van der Waals surface area (Å²) in [5, 5.41) is 11.5. The second kappa shape index (κ2) is 8.64. The van der Waals surface area contributed by atoms with E-state index in [0.717, 1.165) is 29.0 Å². The molecule has 0 radical (unpaired) electrons. The lowest BCUT2D eigenvalue weighted by molar-refractivity contribution is -0.384. The molecule has 1 aromatic heterocycles. The third kappa shape index (κ3) is 5.27. The quantitative estimate of drug-likeness (QED) is 0.238. The van der Waals surface area contributed by atoms with E-state index in [9.17, 15) is 10.1 Å². The molecule has 0 N–H and O–H groups in total. The zero-order valence-electron chi connectivity index (χ0n) is 15.1. The van der Waals surface area contributed by atoms with Gasteiger partial charge in [-0.1, -0.05) is 48.5 Å². The summed E-state index contributed by atoms with van der Waals surface area (Å²) in [5.41, 5.74) is 2.97. The van der Waals surface area contributed by atoms with Crippen molar-refractivity contribution in [3.8, 4) is 11.6 Å². The third-order valence-electron chi connectivity index (χ3n) is 3.83. The number of non-ortho nitro benzene ring substituents is 1. The number of benzene rings is 2. The predicted octanol–water partition coefficient (Wildman–Crippen LogP) is 5.34. The van der Waals surface area contributed by atoms with Crippen molar-refractivity contribution in [2.75, 3.05) is 0 Å². The Hall–Kier alpha value is -2.93. The number of hydrogen-bond acceptors (Lipinski definition) is 6. The van der Waals surface area contributed by atoms with Crippen molar-refractivity contribution in [2.45, 2.75) is 31.2 Å². The summed E-state index contributed by atoms with van der Waals surface area (Å²) >= 11 is 1.43. The van der Waals surface area contributed by atoms with E-state index in [0.29, 0.717) is 16.8 Å². The van der Waals surface area contributed by atoms with Gasteiger partial charge in [-0.3, -0.25) is 10.1 Å². The summed E-state index contributed by atoms with van der Waals surface area (Å²) < 4.78 is 5.87. The molecule has 0 unspecified atom stereocenters. The molecule has 7 heteroatoms. The van der Waals surface area contributed by atoms with Crippen LogP contribution >= 0.6 is 11.8 Å². The molecule has 0 fully saturated rings. The maximum atomic E-state index is 10.9. The largest absolute Gasteiger partial charge is 0.439 e. The van der Waals surface area contributed by atoms with Gasteiger partial charge in [-0.25, -0.2) is 4.98 Å². The monoisotopic (exact) mass is 381 g/mol. The van der Waals surface area contributed by atoms with Crippen LogP contribution in [0.1, 0.15) is 23.7 Å². The Morgan fingerprint density at radius 2 is 1.89 bits per heavy atom. The molecule has 27 heavy (non-hydrogen) atoms. The van der Waals surface area contributed by atoms with Gasteiger partial charge in [-0.05, 0) is 31.0 Å². The molecule has 0 amide bonds. The molecule has 1 heterocycles. The van der Waals surface area contributed by atoms with Crippen molar-refractivity contribution in [3.05, 3.63) is 81.5 Å². The second-order valence-corrected chi connectivity index (χ2v) is 6.91. The molecule has 0 saturated carbocycles. The molecule has 0 saturated heterocycles. The molecule has 0 spiro atoms. The average Bonchev–Trinajstić information content (AvgIpc) is 2.68. The van der Waals surface area contributed by atoms with Gasteiger partial charge in [0.25, 0.3) is 5.69 Å². The summed E-state index contributed by atoms with van der Waals surface area (Å²) in [5.74, 6) is 1.75. The molecule has 0 atom stereocenters. The smallest absolute Gasteiger partial charge is 0.269 e. The van der Waals surface area contributed by atoms with Gasteiger partial charge in [-0.15, -0.1) is 0 Å². The van der Waals surface area contributed by atoms with E-state index in [4.69, 9.17) is 4.74 Å². The van der Waals surface area contributed by atoms with Gasteiger partial charge < -0.3 is 4.74 Å². The Kier molecular flexibility index (Phi) is 6.03. The topological polar surface area (TPSA) is 78.2 Å². The number of thioether (sulfide) groups is 1. The Morgan fingerprint density at radius 3 is 2.59 bits per heavy atom. The molecule has 2 aromatic carbocycles. The zero-order chi connectivity index (χ0) is 19.2. The maximum absolute atomic E-state index is 10.9. The van der Waals surface area contributed by atoms with Crippen molar-refractivity contribution in [1.82, 2.24) is 9.97 Å². The van der Waals surface area contributed by atoms with Crippen LogP contribution in [0.4, 0.5) is 5.69 Å². The first-order valence-electron chi connectivity index (χ1n) is 8.52. The number of nitro groups is 1. The van der Waals surface area contributed by atoms with E-state index in [1.165, 1.54) is 17.8 Å². The van der Waals surface area contributed by atoms with Gasteiger partial charge in [0.15, 0.2) is 5.16 Å². The van der Waals surface area contributed by atoms with E-state index in [1.54, 1.807) is 12.1 Å². The lowest BCUT2D eigenvalue weighted by Gasteiger charge is -2.09. The lowest BCUT2D eigenvalue weighted by Crippen LogP contribution is -1.97. The summed E-state index contributed by atoms with van der Waals surface area (Å²) in [6.45, 7) is 4.04. The molecule has 3 aromatic rings. The minimum Gasteiger partial charge on any atom is -0.439 e. The fraction of sp³-hybridized carbons (Fsp3) is 0.200. The number of ether oxygens (including phenoxy) is 1. The number of nitro benzene ring substituents is 1. The summed E-state index contributed by atoms with van der Waals surface area (Å²) in [4.78, 5) is 19.5. The fourth-order valence-electron chi connectivity index (χ4n) is 2.38. The third-order valence-corrected chi connectivity index (χ3v) is 4.75. The van der Waals surface area contributed by atoms with Crippen molar-refractivity contribution in [2.24, 2.45) is 0 Å². The summed E-state index contributed by atoms with van der Waals surface area (Å²) in [7, 11) is 0. The number of rotatable bonds is 7. The van der Waals surface area contributed by atoms with E-state index >= 15 is 0 Å².